The van der Waals surface area contributed by atoms with Crippen LogP contribution in [0.5, 0.6) is 5.75 Å². The molecule has 4 rings (SSSR count). The summed E-state index contributed by atoms with van der Waals surface area (Å²) >= 11 is 12.1. The normalized spacial score (nSPS) is 17.3. The molecule has 0 aliphatic carbocycles. The summed E-state index contributed by atoms with van der Waals surface area (Å²) in [6, 6.07) is 16.3. The minimum atomic E-state index is -0.895. The molecule has 1 aliphatic heterocycles. The van der Waals surface area contributed by atoms with Crippen LogP contribution in [-0.4, -0.2) is 35.4 Å². The highest BCUT2D eigenvalue weighted by atomic mass is 35.5. The van der Waals surface area contributed by atoms with Crippen molar-refractivity contribution < 1.29 is 23.8 Å². The van der Waals surface area contributed by atoms with E-state index < -0.39 is 23.5 Å². The van der Waals surface area contributed by atoms with Crippen LogP contribution in [-0.2, 0) is 16.0 Å². The third-order valence-corrected chi connectivity index (χ3v) is 6.25. The molecule has 0 spiro atoms. The van der Waals surface area contributed by atoms with E-state index in [0.29, 0.717) is 22.8 Å². The average molecular weight is 500 g/mol. The van der Waals surface area contributed by atoms with Crippen LogP contribution in [0.15, 0.2) is 72.3 Å². The molecule has 5 nitrogen and oxygen atoms in total. The molecule has 34 heavy (non-hydrogen) atoms. The Morgan fingerprint density at radius 2 is 1.71 bits per heavy atom. The van der Waals surface area contributed by atoms with Crippen LogP contribution in [0.25, 0.3) is 5.76 Å². The Kier molecular flexibility index (Phi) is 6.91. The van der Waals surface area contributed by atoms with Crippen molar-refractivity contribution in [3.05, 3.63) is 105 Å². The van der Waals surface area contributed by atoms with E-state index in [0.717, 1.165) is 5.56 Å². The van der Waals surface area contributed by atoms with Gasteiger partial charge in [0.2, 0.25) is 0 Å². The molecule has 0 bridgehead atoms. The summed E-state index contributed by atoms with van der Waals surface area (Å²) in [7, 11) is 1.46. The fourth-order valence-electron chi connectivity index (χ4n) is 3.97. The number of hydrogen-bond acceptors (Lipinski definition) is 4. The molecule has 1 heterocycles. The van der Waals surface area contributed by atoms with Gasteiger partial charge in [-0.25, -0.2) is 4.39 Å². The SMILES string of the molecule is COc1ccc(/C(O)=C2/C(=O)C(=O)N(CCc3ccc(Cl)cc3)C2c2ccc(F)cc2)cc1Cl. The van der Waals surface area contributed by atoms with Crippen molar-refractivity contribution in [2.45, 2.75) is 12.5 Å². The Labute approximate surface area is 206 Å². The number of carbonyl (C=O) groups is 2. The fraction of sp³-hybridized carbons (Fsp3) is 0.154. The molecule has 1 unspecified atom stereocenters. The van der Waals surface area contributed by atoms with Gasteiger partial charge in [-0.05, 0) is 60.0 Å². The maximum absolute atomic E-state index is 13.6. The van der Waals surface area contributed by atoms with Crippen LogP contribution in [0.1, 0.15) is 22.7 Å². The van der Waals surface area contributed by atoms with E-state index in [9.17, 15) is 19.1 Å². The summed E-state index contributed by atoms with van der Waals surface area (Å²) in [5.74, 6) is -1.99. The fourth-order valence-corrected chi connectivity index (χ4v) is 4.36. The number of aliphatic hydroxyl groups is 1. The number of ether oxygens (including phenoxy) is 1. The number of methoxy groups -OCH3 is 1. The van der Waals surface area contributed by atoms with Crippen molar-refractivity contribution in [2.75, 3.05) is 13.7 Å². The minimum absolute atomic E-state index is 0.0889. The molecule has 8 heteroatoms. The highest BCUT2D eigenvalue weighted by Gasteiger charge is 2.45. The lowest BCUT2D eigenvalue weighted by Gasteiger charge is -2.25. The van der Waals surface area contributed by atoms with Gasteiger partial charge in [0, 0.05) is 17.1 Å². The lowest BCUT2D eigenvalue weighted by atomic mass is 9.95. The summed E-state index contributed by atoms with van der Waals surface area (Å²) in [4.78, 5) is 27.5. The molecule has 174 valence electrons. The van der Waals surface area contributed by atoms with Crippen LogP contribution in [0.2, 0.25) is 10.0 Å². The standard InChI is InChI=1S/C26H20Cl2FNO4/c1-34-21-11-6-17(14-20(21)28)24(31)22-23(16-4-9-19(29)10-5-16)30(26(33)25(22)32)13-12-15-2-7-18(27)8-3-15/h2-11,14,23,31H,12-13H2,1H3/b24-22-. The van der Waals surface area contributed by atoms with E-state index in [1.54, 1.807) is 24.3 Å². The molecule has 1 saturated heterocycles. The number of benzene rings is 3. The van der Waals surface area contributed by atoms with E-state index in [1.165, 1.54) is 42.3 Å². The van der Waals surface area contributed by atoms with Gasteiger partial charge < -0.3 is 14.7 Å². The van der Waals surface area contributed by atoms with Crippen LogP contribution < -0.4 is 4.74 Å². The lowest BCUT2D eigenvalue weighted by molar-refractivity contribution is -0.139. The van der Waals surface area contributed by atoms with Gasteiger partial charge in [0.15, 0.2) is 0 Å². The predicted molar refractivity (Wildman–Crippen MR) is 129 cm³/mol. The van der Waals surface area contributed by atoms with E-state index in [1.807, 2.05) is 12.1 Å². The average Bonchev–Trinajstić information content (AvgIpc) is 3.08. The number of halogens is 3. The summed E-state index contributed by atoms with van der Waals surface area (Å²) in [5, 5.41) is 11.9. The predicted octanol–water partition coefficient (Wildman–Crippen LogP) is 5.81. The number of ketones is 1. The molecule has 0 aromatic heterocycles. The largest absolute Gasteiger partial charge is 0.507 e. The Morgan fingerprint density at radius 3 is 2.32 bits per heavy atom. The molecular weight excluding hydrogens is 480 g/mol. The van der Waals surface area contributed by atoms with E-state index in [2.05, 4.69) is 0 Å². The summed E-state index contributed by atoms with van der Waals surface area (Å²) < 4.78 is 18.8. The minimum Gasteiger partial charge on any atom is -0.507 e. The maximum Gasteiger partial charge on any atom is 0.295 e. The molecule has 1 atom stereocenters. The van der Waals surface area contributed by atoms with Crippen LogP contribution in [0, 0.1) is 5.82 Å². The smallest absolute Gasteiger partial charge is 0.295 e. The van der Waals surface area contributed by atoms with Crippen molar-refractivity contribution in [2.24, 2.45) is 0 Å². The number of Topliss-reactive ketones (excluding diaryl/α,β-unsaturated/α-hetero) is 1. The second-order valence-electron chi connectivity index (χ2n) is 7.77. The van der Waals surface area contributed by atoms with E-state index in [4.69, 9.17) is 27.9 Å². The molecule has 3 aromatic carbocycles. The van der Waals surface area contributed by atoms with Crippen LogP contribution in [0.4, 0.5) is 4.39 Å². The third-order valence-electron chi connectivity index (χ3n) is 5.71. The highest BCUT2D eigenvalue weighted by Crippen LogP contribution is 2.40. The second-order valence-corrected chi connectivity index (χ2v) is 8.61. The number of nitrogens with zero attached hydrogens (tertiary/aromatic N) is 1. The Balaban J connectivity index is 1.77. The molecule has 1 amide bonds. The number of aliphatic hydroxyl groups excluding tert-OH is 1. The van der Waals surface area contributed by atoms with Crippen molar-refractivity contribution in [3.63, 3.8) is 0 Å². The molecule has 0 saturated carbocycles. The van der Waals surface area contributed by atoms with E-state index in [-0.39, 0.29) is 28.5 Å². The number of carbonyl (C=O) groups excluding carboxylic acids is 2. The van der Waals surface area contributed by atoms with Gasteiger partial charge in [0.25, 0.3) is 11.7 Å². The Hall–Kier alpha value is -3.35. The van der Waals surface area contributed by atoms with Gasteiger partial charge in [0.05, 0.1) is 23.7 Å². The summed E-state index contributed by atoms with van der Waals surface area (Å²) in [5.41, 5.74) is 1.59. The Morgan fingerprint density at radius 1 is 1.03 bits per heavy atom. The molecule has 3 aromatic rings. The van der Waals surface area contributed by atoms with Gasteiger partial charge in [-0.2, -0.15) is 0 Å². The van der Waals surface area contributed by atoms with Crippen molar-refractivity contribution in [1.29, 1.82) is 0 Å². The number of amides is 1. The van der Waals surface area contributed by atoms with Gasteiger partial charge in [-0.3, -0.25) is 9.59 Å². The summed E-state index contributed by atoms with van der Waals surface area (Å²) in [6.07, 6.45) is 0.455. The number of likely N-dealkylation sites (tertiary alicyclic amines) is 1. The molecule has 1 aliphatic rings. The molecule has 0 radical (unpaired) electrons. The van der Waals surface area contributed by atoms with Gasteiger partial charge >= 0.3 is 0 Å². The number of rotatable bonds is 6. The third kappa shape index (κ3) is 4.65. The number of hydrogen-bond donors (Lipinski definition) is 1. The van der Waals surface area contributed by atoms with Crippen molar-refractivity contribution in [1.82, 2.24) is 4.90 Å². The van der Waals surface area contributed by atoms with Gasteiger partial charge in [-0.1, -0.05) is 47.5 Å². The highest BCUT2D eigenvalue weighted by molar-refractivity contribution is 6.46. The molecular formula is C26H20Cl2FNO4. The first-order valence-corrected chi connectivity index (χ1v) is 11.2. The van der Waals surface area contributed by atoms with Crippen molar-refractivity contribution in [3.8, 4) is 5.75 Å². The van der Waals surface area contributed by atoms with Gasteiger partial charge in [-0.15, -0.1) is 0 Å². The molecule has 1 N–H and O–H groups in total. The topological polar surface area (TPSA) is 66.8 Å². The quantitative estimate of drug-likeness (QED) is 0.264. The monoisotopic (exact) mass is 499 g/mol. The zero-order valence-corrected chi connectivity index (χ0v) is 19.6. The van der Waals surface area contributed by atoms with Crippen LogP contribution in [0.3, 0.4) is 0 Å². The van der Waals surface area contributed by atoms with Crippen LogP contribution >= 0.6 is 23.2 Å². The first-order valence-electron chi connectivity index (χ1n) is 10.4. The first-order chi connectivity index (χ1) is 16.3. The maximum atomic E-state index is 13.6. The van der Waals surface area contributed by atoms with Gasteiger partial charge in [0.1, 0.15) is 17.3 Å². The van der Waals surface area contributed by atoms with E-state index >= 15 is 0 Å². The lowest BCUT2D eigenvalue weighted by Crippen LogP contribution is -2.31. The second kappa shape index (κ2) is 9.87. The summed E-state index contributed by atoms with van der Waals surface area (Å²) in [6.45, 7) is 0.203. The Bertz CT molecular complexity index is 1270. The zero-order chi connectivity index (χ0) is 24.4. The first kappa shape index (κ1) is 23.8. The van der Waals surface area contributed by atoms with Crippen molar-refractivity contribution >= 4 is 40.7 Å². The molecule has 1 fully saturated rings. The zero-order valence-electron chi connectivity index (χ0n) is 18.1.